The van der Waals surface area contributed by atoms with E-state index in [1.165, 1.54) is 0 Å². The minimum atomic E-state index is 0.133. The molecule has 4 heteroatoms. The van der Waals surface area contributed by atoms with Crippen LogP contribution in [0.4, 0.5) is 0 Å². The molecule has 0 aliphatic heterocycles. The Labute approximate surface area is 101 Å². The molecule has 0 spiro atoms. The van der Waals surface area contributed by atoms with Gasteiger partial charge in [-0.3, -0.25) is 0 Å². The van der Waals surface area contributed by atoms with Crippen molar-refractivity contribution in [2.75, 3.05) is 6.61 Å². The van der Waals surface area contributed by atoms with Gasteiger partial charge in [0.15, 0.2) is 0 Å². The molecule has 4 nitrogen and oxygen atoms in total. The number of nitrogens with one attached hydrogen (secondary N) is 1. The molecule has 2 aromatic heterocycles. The van der Waals surface area contributed by atoms with Crippen molar-refractivity contribution in [3.8, 4) is 0 Å². The standard InChI is InChI=1S/C13H19N3O/c1-10(2)12(9-17)14-7-11-8-15-16-6-4-3-5-13(11)16/h3-6,8,10,12,14,17H,7,9H2,1-2H3. The number of aliphatic hydroxyl groups is 1. The highest BCUT2D eigenvalue weighted by atomic mass is 16.3. The Morgan fingerprint density at radius 3 is 2.94 bits per heavy atom. The zero-order valence-electron chi connectivity index (χ0n) is 10.3. The molecule has 2 aromatic rings. The largest absolute Gasteiger partial charge is 0.395 e. The molecule has 1 atom stereocenters. The van der Waals surface area contributed by atoms with Gasteiger partial charge in [-0.15, -0.1) is 0 Å². The van der Waals surface area contributed by atoms with E-state index in [1.807, 2.05) is 35.1 Å². The van der Waals surface area contributed by atoms with Crippen molar-refractivity contribution < 1.29 is 5.11 Å². The van der Waals surface area contributed by atoms with Crippen LogP contribution < -0.4 is 5.32 Å². The Kier molecular flexibility index (Phi) is 3.76. The Hall–Kier alpha value is -1.39. The predicted octanol–water partition coefficient (Wildman–Crippen LogP) is 1.44. The van der Waals surface area contributed by atoms with Gasteiger partial charge in [-0.1, -0.05) is 19.9 Å². The van der Waals surface area contributed by atoms with E-state index < -0.39 is 0 Å². The lowest BCUT2D eigenvalue weighted by Crippen LogP contribution is -2.36. The first-order valence-corrected chi connectivity index (χ1v) is 5.98. The van der Waals surface area contributed by atoms with Crippen molar-refractivity contribution in [3.05, 3.63) is 36.2 Å². The molecule has 0 amide bonds. The second kappa shape index (κ2) is 5.29. The molecular weight excluding hydrogens is 214 g/mol. The molecule has 0 fully saturated rings. The monoisotopic (exact) mass is 233 g/mol. The molecule has 0 aromatic carbocycles. The first kappa shape index (κ1) is 12.1. The third-order valence-corrected chi connectivity index (χ3v) is 3.06. The highest BCUT2D eigenvalue weighted by Gasteiger charge is 2.12. The summed E-state index contributed by atoms with van der Waals surface area (Å²) in [5.74, 6) is 0.418. The normalized spacial score (nSPS) is 13.4. The maximum Gasteiger partial charge on any atom is 0.0706 e. The van der Waals surface area contributed by atoms with E-state index in [0.717, 1.165) is 17.6 Å². The summed E-state index contributed by atoms with van der Waals surface area (Å²) < 4.78 is 1.86. The van der Waals surface area contributed by atoms with Crippen LogP contribution in [-0.2, 0) is 6.54 Å². The fourth-order valence-electron chi connectivity index (χ4n) is 1.88. The van der Waals surface area contributed by atoms with Gasteiger partial charge < -0.3 is 10.4 Å². The molecular formula is C13H19N3O. The summed E-state index contributed by atoms with van der Waals surface area (Å²) in [5.41, 5.74) is 2.27. The fraction of sp³-hybridized carbons (Fsp3) is 0.462. The van der Waals surface area contributed by atoms with Gasteiger partial charge in [-0.2, -0.15) is 5.10 Å². The smallest absolute Gasteiger partial charge is 0.0706 e. The minimum absolute atomic E-state index is 0.133. The van der Waals surface area contributed by atoms with Gasteiger partial charge in [-0.05, 0) is 18.1 Å². The summed E-state index contributed by atoms with van der Waals surface area (Å²) in [7, 11) is 0. The second-order valence-corrected chi connectivity index (χ2v) is 4.61. The van der Waals surface area contributed by atoms with E-state index in [9.17, 15) is 5.11 Å². The number of pyridine rings is 1. The molecule has 17 heavy (non-hydrogen) atoms. The van der Waals surface area contributed by atoms with E-state index in [-0.39, 0.29) is 12.6 Å². The number of fused-ring (bicyclic) bond motifs is 1. The Morgan fingerprint density at radius 2 is 2.24 bits per heavy atom. The highest BCUT2D eigenvalue weighted by molar-refractivity contribution is 5.53. The summed E-state index contributed by atoms with van der Waals surface area (Å²) in [6.45, 7) is 5.10. The van der Waals surface area contributed by atoms with Crippen molar-refractivity contribution in [2.24, 2.45) is 5.92 Å². The van der Waals surface area contributed by atoms with Crippen LogP contribution in [-0.4, -0.2) is 27.4 Å². The minimum Gasteiger partial charge on any atom is -0.395 e. The van der Waals surface area contributed by atoms with Gasteiger partial charge in [0.25, 0.3) is 0 Å². The van der Waals surface area contributed by atoms with Crippen molar-refractivity contribution in [2.45, 2.75) is 26.4 Å². The molecule has 0 saturated carbocycles. The molecule has 2 heterocycles. The van der Waals surface area contributed by atoms with Crippen LogP contribution in [0.5, 0.6) is 0 Å². The van der Waals surface area contributed by atoms with Crippen LogP contribution in [0.1, 0.15) is 19.4 Å². The van der Waals surface area contributed by atoms with E-state index in [0.29, 0.717) is 5.92 Å². The molecule has 92 valence electrons. The summed E-state index contributed by atoms with van der Waals surface area (Å²) in [6.07, 6.45) is 3.81. The molecule has 2 N–H and O–H groups in total. The predicted molar refractivity (Wildman–Crippen MR) is 67.7 cm³/mol. The van der Waals surface area contributed by atoms with Crippen molar-refractivity contribution in [1.82, 2.24) is 14.9 Å². The maximum absolute atomic E-state index is 9.26. The molecule has 0 aliphatic carbocycles. The van der Waals surface area contributed by atoms with Crippen molar-refractivity contribution in [1.29, 1.82) is 0 Å². The van der Waals surface area contributed by atoms with E-state index >= 15 is 0 Å². The molecule has 0 bridgehead atoms. The average molecular weight is 233 g/mol. The summed E-state index contributed by atoms with van der Waals surface area (Å²) >= 11 is 0. The van der Waals surface area contributed by atoms with Gasteiger partial charge in [0, 0.05) is 24.3 Å². The fourth-order valence-corrected chi connectivity index (χ4v) is 1.88. The third kappa shape index (κ3) is 2.65. The summed E-state index contributed by atoms with van der Waals surface area (Å²) in [5, 5.41) is 16.9. The molecule has 0 radical (unpaired) electrons. The summed E-state index contributed by atoms with van der Waals surface area (Å²) in [6, 6.07) is 6.15. The average Bonchev–Trinajstić information content (AvgIpc) is 2.73. The van der Waals surface area contributed by atoms with Gasteiger partial charge in [0.1, 0.15) is 0 Å². The van der Waals surface area contributed by atoms with E-state index in [1.54, 1.807) is 0 Å². The Bertz CT molecular complexity index is 478. The van der Waals surface area contributed by atoms with Crippen LogP contribution in [0.3, 0.4) is 0 Å². The van der Waals surface area contributed by atoms with E-state index in [4.69, 9.17) is 0 Å². The van der Waals surface area contributed by atoms with Crippen LogP contribution in [0, 0.1) is 5.92 Å². The van der Waals surface area contributed by atoms with Crippen LogP contribution in [0.2, 0.25) is 0 Å². The zero-order valence-corrected chi connectivity index (χ0v) is 10.3. The van der Waals surface area contributed by atoms with Crippen molar-refractivity contribution >= 4 is 5.52 Å². The lowest BCUT2D eigenvalue weighted by atomic mass is 10.1. The number of rotatable bonds is 5. The number of nitrogens with zero attached hydrogens (tertiary/aromatic N) is 2. The number of hydrogen-bond donors (Lipinski definition) is 2. The topological polar surface area (TPSA) is 49.6 Å². The lowest BCUT2D eigenvalue weighted by molar-refractivity contribution is 0.210. The molecule has 2 rings (SSSR count). The maximum atomic E-state index is 9.26. The molecule has 0 saturated heterocycles. The van der Waals surface area contributed by atoms with Crippen LogP contribution in [0.25, 0.3) is 5.52 Å². The van der Waals surface area contributed by atoms with Gasteiger partial charge in [0.05, 0.1) is 18.3 Å². The number of hydrogen-bond acceptors (Lipinski definition) is 3. The Balaban J connectivity index is 2.08. The van der Waals surface area contributed by atoms with Gasteiger partial charge in [-0.25, -0.2) is 4.52 Å². The first-order chi connectivity index (χ1) is 8.22. The highest BCUT2D eigenvalue weighted by Crippen LogP contribution is 2.10. The van der Waals surface area contributed by atoms with Gasteiger partial charge >= 0.3 is 0 Å². The SMILES string of the molecule is CC(C)C(CO)NCc1cnn2ccccc12. The third-order valence-electron chi connectivity index (χ3n) is 3.06. The van der Waals surface area contributed by atoms with Crippen LogP contribution in [0.15, 0.2) is 30.6 Å². The molecule has 0 aliphatic rings. The quantitative estimate of drug-likeness (QED) is 0.821. The second-order valence-electron chi connectivity index (χ2n) is 4.61. The van der Waals surface area contributed by atoms with Crippen molar-refractivity contribution in [3.63, 3.8) is 0 Å². The zero-order chi connectivity index (χ0) is 12.3. The van der Waals surface area contributed by atoms with E-state index in [2.05, 4.69) is 24.3 Å². The number of aromatic nitrogens is 2. The lowest BCUT2D eigenvalue weighted by Gasteiger charge is -2.19. The first-order valence-electron chi connectivity index (χ1n) is 5.98. The van der Waals surface area contributed by atoms with Crippen LogP contribution >= 0.6 is 0 Å². The van der Waals surface area contributed by atoms with Gasteiger partial charge in [0.2, 0.25) is 0 Å². The summed E-state index contributed by atoms with van der Waals surface area (Å²) in [4.78, 5) is 0. The Morgan fingerprint density at radius 1 is 1.41 bits per heavy atom. The number of aliphatic hydroxyl groups excluding tert-OH is 1. The molecule has 1 unspecified atom stereocenters.